The van der Waals surface area contributed by atoms with E-state index < -0.39 is 23.0 Å². The van der Waals surface area contributed by atoms with Gasteiger partial charge in [-0.1, -0.05) is 19.1 Å². The Labute approximate surface area is 159 Å². The van der Waals surface area contributed by atoms with Crippen molar-refractivity contribution < 1.29 is 29.2 Å². The molecule has 6 heteroatoms. The van der Waals surface area contributed by atoms with E-state index in [1.54, 1.807) is 24.3 Å². The molecule has 0 spiro atoms. The van der Waals surface area contributed by atoms with Crippen LogP contribution in [0.15, 0.2) is 42.7 Å². The fourth-order valence-corrected chi connectivity index (χ4v) is 4.99. The maximum Gasteiger partial charge on any atom is 0.232 e. The third-order valence-corrected chi connectivity index (χ3v) is 6.32. The summed E-state index contributed by atoms with van der Waals surface area (Å²) in [4.78, 5) is 13.3. The predicted octanol–water partition coefficient (Wildman–Crippen LogP) is 2.56. The van der Waals surface area contributed by atoms with Crippen LogP contribution in [0.4, 0.5) is 0 Å². The van der Waals surface area contributed by atoms with Gasteiger partial charge in [0.05, 0.1) is 14.2 Å². The first kappa shape index (κ1) is 19.5. The van der Waals surface area contributed by atoms with Gasteiger partial charge >= 0.3 is 0 Å². The van der Waals surface area contributed by atoms with Gasteiger partial charge in [-0.05, 0) is 36.1 Å². The summed E-state index contributed by atoms with van der Waals surface area (Å²) in [5.41, 5.74) is -1.51. The van der Waals surface area contributed by atoms with Gasteiger partial charge in [-0.15, -0.1) is 6.58 Å². The molecular weight excluding hydrogens is 348 g/mol. The fourth-order valence-electron chi connectivity index (χ4n) is 4.99. The van der Waals surface area contributed by atoms with Gasteiger partial charge in [-0.25, -0.2) is 0 Å². The number of ether oxygens (including phenoxy) is 3. The zero-order valence-corrected chi connectivity index (χ0v) is 16.1. The monoisotopic (exact) mass is 374 g/mol. The molecule has 1 saturated carbocycles. The van der Waals surface area contributed by atoms with Crippen LogP contribution in [0.3, 0.4) is 0 Å². The van der Waals surface area contributed by atoms with Crippen molar-refractivity contribution in [2.24, 2.45) is 11.3 Å². The van der Waals surface area contributed by atoms with Crippen LogP contribution in [-0.2, 0) is 14.3 Å². The first-order chi connectivity index (χ1) is 12.8. The molecule has 1 aromatic carbocycles. The SMILES string of the molecule is C=CC[C@@]12C=C(OC)C(=O)[C@@](OC)(C1O)[C@@H](c1ccc(O)c(OC)c1)[C@@H]2C. The van der Waals surface area contributed by atoms with E-state index in [2.05, 4.69) is 6.58 Å². The molecule has 1 aromatic rings. The summed E-state index contributed by atoms with van der Waals surface area (Å²) in [5, 5.41) is 21.3. The molecule has 3 rings (SSSR count). The highest BCUT2D eigenvalue weighted by Gasteiger charge is 2.72. The molecule has 2 aliphatic rings. The van der Waals surface area contributed by atoms with Gasteiger partial charge in [0.1, 0.15) is 6.10 Å². The number of ketones is 1. The van der Waals surface area contributed by atoms with Gasteiger partial charge in [-0.2, -0.15) is 0 Å². The Morgan fingerprint density at radius 3 is 2.52 bits per heavy atom. The molecule has 146 valence electrons. The molecule has 0 radical (unpaired) electrons. The van der Waals surface area contributed by atoms with E-state index in [0.29, 0.717) is 12.2 Å². The molecule has 0 amide bonds. The summed E-state index contributed by atoms with van der Waals surface area (Å²) in [6.07, 6.45) is 2.85. The predicted molar refractivity (Wildman–Crippen MR) is 99.7 cm³/mol. The number of hydrogen-bond acceptors (Lipinski definition) is 6. The minimum atomic E-state index is -1.50. The Balaban J connectivity index is 2.27. The lowest BCUT2D eigenvalue weighted by Gasteiger charge is -2.41. The average Bonchev–Trinajstić information content (AvgIpc) is 2.80. The van der Waals surface area contributed by atoms with Crippen LogP contribution in [0.5, 0.6) is 11.5 Å². The molecular formula is C21H26O6. The quantitative estimate of drug-likeness (QED) is 0.745. The molecule has 1 unspecified atom stereocenters. The largest absolute Gasteiger partial charge is 0.504 e. The smallest absolute Gasteiger partial charge is 0.232 e. The second-order valence-electron chi connectivity index (χ2n) is 7.24. The molecule has 0 aromatic heterocycles. The van der Waals surface area contributed by atoms with Crippen LogP contribution in [-0.4, -0.2) is 49.0 Å². The lowest BCUT2D eigenvalue weighted by atomic mass is 9.70. The minimum Gasteiger partial charge on any atom is -0.504 e. The van der Waals surface area contributed by atoms with E-state index in [9.17, 15) is 15.0 Å². The summed E-state index contributed by atoms with van der Waals surface area (Å²) in [7, 11) is 4.33. The van der Waals surface area contributed by atoms with E-state index in [1.165, 1.54) is 27.4 Å². The topological polar surface area (TPSA) is 85.2 Å². The number of phenolic OH excluding ortho intramolecular Hbond substituents is 1. The number of aliphatic hydroxyl groups excluding tert-OH is 1. The number of aromatic hydroxyl groups is 1. The van der Waals surface area contributed by atoms with Crippen molar-refractivity contribution in [3.8, 4) is 11.5 Å². The fraction of sp³-hybridized carbons (Fsp3) is 0.476. The number of carbonyl (C=O) groups excluding carboxylic acids is 1. The highest BCUT2D eigenvalue weighted by molar-refractivity contribution is 6.04. The second kappa shape index (κ2) is 6.69. The molecule has 27 heavy (non-hydrogen) atoms. The molecule has 0 aliphatic heterocycles. The number of rotatable bonds is 6. The summed E-state index contributed by atoms with van der Waals surface area (Å²) >= 11 is 0. The van der Waals surface area contributed by atoms with E-state index in [-0.39, 0.29) is 23.2 Å². The van der Waals surface area contributed by atoms with E-state index >= 15 is 0 Å². The summed E-state index contributed by atoms with van der Waals surface area (Å²) < 4.78 is 16.4. The van der Waals surface area contributed by atoms with Gasteiger partial charge in [0.25, 0.3) is 0 Å². The van der Waals surface area contributed by atoms with Crippen LogP contribution in [0, 0.1) is 11.3 Å². The first-order valence-electron chi connectivity index (χ1n) is 8.86. The molecule has 1 fully saturated rings. The number of benzene rings is 1. The number of Topliss-reactive ketones (excluding diaryl/α,β-unsaturated/α-hetero) is 1. The van der Waals surface area contributed by atoms with E-state index in [0.717, 1.165) is 5.56 Å². The number of carbonyl (C=O) groups is 1. The minimum absolute atomic E-state index is 0.00437. The normalized spacial score (nSPS) is 34.9. The summed E-state index contributed by atoms with van der Waals surface area (Å²) in [5.74, 6) is -0.540. The molecule has 0 heterocycles. The lowest BCUT2D eigenvalue weighted by Crippen LogP contribution is -2.57. The first-order valence-corrected chi connectivity index (χ1v) is 8.86. The Kier molecular flexibility index (Phi) is 4.82. The van der Waals surface area contributed by atoms with Crippen molar-refractivity contribution in [2.75, 3.05) is 21.3 Å². The van der Waals surface area contributed by atoms with Gasteiger partial charge in [0, 0.05) is 18.4 Å². The Hall–Kier alpha value is -2.31. The van der Waals surface area contributed by atoms with Crippen molar-refractivity contribution in [2.45, 2.75) is 31.0 Å². The maximum absolute atomic E-state index is 13.3. The zero-order chi connectivity index (χ0) is 20.0. The average molecular weight is 374 g/mol. The summed E-state index contributed by atoms with van der Waals surface area (Å²) in [6.45, 7) is 5.82. The third kappa shape index (κ3) is 2.36. The van der Waals surface area contributed by atoms with Crippen LogP contribution in [0.2, 0.25) is 0 Å². The van der Waals surface area contributed by atoms with Gasteiger partial charge in [0.2, 0.25) is 5.78 Å². The van der Waals surface area contributed by atoms with Gasteiger partial charge in [0.15, 0.2) is 22.9 Å². The van der Waals surface area contributed by atoms with Crippen LogP contribution in [0.1, 0.15) is 24.8 Å². The molecule has 0 saturated heterocycles. The van der Waals surface area contributed by atoms with Gasteiger partial charge < -0.3 is 24.4 Å². The van der Waals surface area contributed by atoms with Crippen molar-refractivity contribution in [3.05, 3.63) is 48.3 Å². The number of hydrogen-bond donors (Lipinski definition) is 2. The van der Waals surface area contributed by atoms with E-state index in [1.807, 2.05) is 6.92 Å². The van der Waals surface area contributed by atoms with Crippen molar-refractivity contribution >= 4 is 5.78 Å². The number of aliphatic hydroxyl groups is 1. The van der Waals surface area contributed by atoms with Crippen LogP contribution < -0.4 is 4.74 Å². The number of allylic oxidation sites excluding steroid dienone is 1. The third-order valence-electron chi connectivity index (χ3n) is 6.32. The summed E-state index contributed by atoms with van der Waals surface area (Å²) in [6, 6.07) is 4.94. The molecule has 6 nitrogen and oxygen atoms in total. The number of methoxy groups -OCH3 is 3. The Bertz CT molecular complexity index is 800. The maximum atomic E-state index is 13.3. The highest BCUT2D eigenvalue weighted by Crippen LogP contribution is 2.64. The molecule has 5 atom stereocenters. The number of phenols is 1. The van der Waals surface area contributed by atoms with Crippen molar-refractivity contribution in [1.29, 1.82) is 0 Å². The zero-order valence-electron chi connectivity index (χ0n) is 16.1. The standard InChI is InChI=1S/C21H26O6/c1-6-9-20-11-16(26-4)18(23)21(27-5,19(20)24)17(12(20)2)13-7-8-14(22)15(10-13)25-3/h6-8,10-12,17,19,22,24H,1,9H2,2-5H3/t12-,17+,19?,20-,21+/m0/s1. The number of fused-ring (bicyclic) bond motifs is 2. The Morgan fingerprint density at radius 2 is 1.96 bits per heavy atom. The van der Waals surface area contributed by atoms with Crippen LogP contribution in [0.25, 0.3) is 0 Å². The highest BCUT2D eigenvalue weighted by atomic mass is 16.5. The van der Waals surface area contributed by atoms with Crippen molar-refractivity contribution in [1.82, 2.24) is 0 Å². The Morgan fingerprint density at radius 1 is 1.26 bits per heavy atom. The van der Waals surface area contributed by atoms with Crippen LogP contribution >= 0.6 is 0 Å². The molecule has 2 N–H and O–H groups in total. The molecule has 2 bridgehead atoms. The van der Waals surface area contributed by atoms with E-state index in [4.69, 9.17) is 14.2 Å². The lowest BCUT2D eigenvalue weighted by molar-refractivity contribution is -0.162. The second-order valence-corrected chi connectivity index (χ2v) is 7.24. The van der Waals surface area contributed by atoms with Gasteiger partial charge in [-0.3, -0.25) is 4.79 Å². The van der Waals surface area contributed by atoms with Crippen molar-refractivity contribution in [3.63, 3.8) is 0 Å². The molecule has 2 aliphatic carbocycles.